The number of phenolic OH excluding ortho intramolecular Hbond substituents is 1. The third-order valence-corrected chi connectivity index (χ3v) is 5.40. The fraction of sp³-hybridized carbons (Fsp3) is 0.667. The molecule has 1 aromatic rings. The first-order valence-electron chi connectivity index (χ1n) is 8.71. The minimum atomic E-state index is 0.311. The number of hydrogen-bond acceptors (Lipinski definition) is 4. The Bertz CT molecular complexity index is 487. The van der Waals surface area contributed by atoms with Crippen LogP contribution in [-0.2, 0) is 0 Å². The number of hydrogen-bond donors (Lipinski definition) is 3. The third-order valence-electron chi connectivity index (χ3n) is 5.40. The zero-order valence-corrected chi connectivity index (χ0v) is 13.6. The third kappa shape index (κ3) is 3.08. The lowest BCUT2D eigenvalue weighted by molar-refractivity contribution is 0.101. The predicted octanol–water partition coefficient (Wildman–Crippen LogP) is 2.81. The monoisotopic (exact) mass is 303 g/mol. The molecular weight excluding hydrogens is 274 g/mol. The second kappa shape index (κ2) is 6.88. The Kier molecular flexibility index (Phi) is 4.89. The fourth-order valence-corrected chi connectivity index (χ4v) is 4.23. The van der Waals surface area contributed by atoms with Crippen LogP contribution >= 0.6 is 0 Å². The summed E-state index contributed by atoms with van der Waals surface area (Å²) < 4.78 is 0. The molecule has 1 heterocycles. The van der Waals surface area contributed by atoms with Crippen molar-refractivity contribution in [1.29, 1.82) is 0 Å². The molecule has 1 aliphatic carbocycles. The molecule has 1 aliphatic heterocycles. The van der Waals surface area contributed by atoms with E-state index < -0.39 is 0 Å². The van der Waals surface area contributed by atoms with Gasteiger partial charge in [0.2, 0.25) is 0 Å². The average Bonchev–Trinajstić information content (AvgIpc) is 2.57. The maximum Gasteiger partial charge on any atom is 0.143 e. The van der Waals surface area contributed by atoms with Gasteiger partial charge >= 0.3 is 0 Å². The van der Waals surface area contributed by atoms with Crippen LogP contribution in [0, 0.1) is 12.8 Å². The molecule has 22 heavy (non-hydrogen) atoms. The highest BCUT2D eigenvalue weighted by molar-refractivity contribution is 5.59. The summed E-state index contributed by atoms with van der Waals surface area (Å²) in [4.78, 5) is 2.56. The molecule has 0 aromatic heterocycles. The maximum atomic E-state index is 10.6. The number of benzene rings is 1. The number of nitrogens with one attached hydrogen (secondary N) is 1. The van der Waals surface area contributed by atoms with E-state index in [4.69, 9.17) is 5.73 Å². The Morgan fingerprint density at radius 1 is 1.18 bits per heavy atom. The van der Waals surface area contributed by atoms with Crippen molar-refractivity contribution in [2.24, 2.45) is 5.92 Å². The molecule has 3 rings (SSSR count). The van der Waals surface area contributed by atoms with Crippen LogP contribution in [0.5, 0.6) is 5.75 Å². The SMILES string of the molecule is Cc1ccc(N)c(O)c1[C@H](C1CCCCC1)N1CCNCC1. The van der Waals surface area contributed by atoms with E-state index in [1.165, 1.54) is 37.7 Å². The fourth-order valence-electron chi connectivity index (χ4n) is 4.23. The van der Waals surface area contributed by atoms with E-state index in [0.29, 0.717) is 23.4 Å². The number of rotatable bonds is 3. The molecule has 4 heteroatoms. The number of nitrogens with zero attached hydrogens (tertiary/aromatic N) is 1. The van der Waals surface area contributed by atoms with Gasteiger partial charge in [-0.15, -0.1) is 0 Å². The van der Waals surface area contributed by atoms with Crippen LogP contribution in [-0.4, -0.2) is 36.2 Å². The number of piperazine rings is 1. The van der Waals surface area contributed by atoms with Crippen LogP contribution in [0.3, 0.4) is 0 Å². The van der Waals surface area contributed by atoms with E-state index in [2.05, 4.69) is 23.2 Å². The summed E-state index contributed by atoms with van der Waals surface area (Å²) in [5, 5.41) is 14.1. The summed E-state index contributed by atoms with van der Waals surface area (Å²) in [6.07, 6.45) is 6.52. The zero-order chi connectivity index (χ0) is 15.5. The van der Waals surface area contributed by atoms with Gasteiger partial charge in [-0.2, -0.15) is 0 Å². The standard InChI is InChI=1S/C18H29N3O/c1-13-7-8-15(19)18(22)16(13)17(14-5-3-2-4-6-14)21-11-9-20-10-12-21/h7-8,14,17,20,22H,2-6,9-12,19H2,1H3/t17-/m0/s1. The molecule has 1 aromatic carbocycles. The molecule has 2 aliphatic rings. The van der Waals surface area contributed by atoms with Gasteiger partial charge in [0, 0.05) is 37.8 Å². The normalized spacial score (nSPS) is 22.6. The molecule has 0 bridgehead atoms. The zero-order valence-electron chi connectivity index (χ0n) is 13.6. The van der Waals surface area contributed by atoms with Crippen molar-refractivity contribution in [1.82, 2.24) is 10.2 Å². The predicted molar refractivity (Wildman–Crippen MR) is 91.0 cm³/mol. The Morgan fingerprint density at radius 2 is 1.86 bits per heavy atom. The Hall–Kier alpha value is -1.26. The summed E-state index contributed by atoms with van der Waals surface area (Å²) in [5.41, 5.74) is 8.76. The largest absolute Gasteiger partial charge is 0.505 e. The molecule has 1 atom stereocenters. The van der Waals surface area contributed by atoms with Crippen LogP contribution in [0.15, 0.2) is 12.1 Å². The minimum Gasteiger partial charge on any atom is -0.505 e. The molecule has 4 N–H and O–H groups in total. The van der Waals surface area contributed by atoms with Crippen molar-refractivity contribution >= 4 is 5.69 Å². The van der Waals surface area contributed by atoms with Crippen molar-refractivity contribution in [3.63, 3.8) is 0 Å². The van der Waals surface area contributed by atoms with Gasteiger partial charge < -0.3 is 16.2 Å². The number of phenols is 1. The van der Waals surface area contributed by atoms with Gasteiger partial charge in [0.1, 0.15) is 5.75 Å². The summed E-state index contributed by atoms with van der Waals surface area (Å²) in [5.74, 6) is 0.951. The highest BCUT2D eigenvalue weighted by Gasteiger charge is 2.33. The molecule has 0 unspecified atom stereocenters. The van der Waals surface area contributed by atoms with Crippen LogP contribution in [0.4, 0.5) is 5.69 Å². The van der Waals surface area contributed by atoms with Crippen LogP contribution in [0.25, 0.3) is 0 Å². The highest BCUT2D eigenvalue weighted by atomic mass is 16.3. The molecule has 1 saturated carbocycles. The van der Waals surface area contributed by atoms with E-state index >= 15 is 0 Å². The van der Waals surface area contributed by atoms with Crippen LogP contribution in [0.2, 0.25) is 0 Å². The summed E-state index contributed by atoms with van der Waals surface area (Å²) >= 11 is 0. The smallest absolute Gasteiger partial charge is 0.143 e. The van der Waals surface area contributed by atoms with Crippen molar-refractivity contribution in [2.45, 2.75) is 45.1 Å². The second-order valence-electron chi connectivity index (χ2n) is 6.86. The first kappa shape index (κ1) is 15.6. The summed E-state index contributed by atoms with van der Waals surface area (Å²) in [7, 11) is 0. The van der Waals surface area contributed by atoms with E-state index in [-0.39, 0.29) is 0 Å². The molecular formula is C18H29N3O. The van der Waals surface area contributed by atoms with Gasteiger partial charge in [0.05, 0.1) is 5.69 Å². The topological polar surface area (TPSA) is 61.5 Å². The molecule has 2 fully saturated rings. The number of aryl methyl sites for hydroxylation is 1. The first-order chi connectivity index (χ1) is 10.7. The Labute approximate surface area is 133 Å². The Morgan fingerprint density at radius 3 is 2.55 bits per heavy atom. The summed E-state index contributed by atoms with van der Waals surface area (Å²) in [6, 6.07) is 4.19. The lowest BCUT2D eigenvalue weighted by atomic mass is 9.78. The number of anilines is 1. The van der Waals surface area contributed by atoms with Crippen LogP contribution < -0.4 is 11.1 Å². The van der Waals surface area contributed by atoms with Gasteiger partial charge in [-0.1, -0.05) is 25.3 Å². The maximum absolute atomic E-state index is 10.6. The quantitative estimate of drug-likeness (QED) is 0.593. The Balaban J connectivity index is 1.98. The van der Waals surface area contributed by atoms with Crippen molar-refractivity contribution in [3.05, 3.63) is 23.3 Å². The number of nitrogens with two attached hydrogens (primary N) is 1. The van der Waals surface area contributed by atoms with Gasteiger partial charge in [-0.25, -0.2) is 0 Å². The van der Waals surface area contributed by atoms with Gasteiger partial charge in [-0.3, -0.25) is 4.90 Å². The molecule has 0 radical (unpaired) electrons. The molecule has 0 spiro atoms. The van der Waals surface area contributed by atoms with E-state index in [1.807, 2.05) is 6.07 Å². The number of nitrogen functional groups attached to an aromatic ring is 1. The van der Waals surface area contributed by atoms with Crippen molar-refractivity contribution in [3.8, 4) is 5.75 Å². The second-order valence-corrected chi connectivity index (χ2v) is 6.86. The van der Waals surface area contributed by atoms with Gasteiger partial charge in [0.25, 0.3) is 0 Å². The van der Waals surface area contributed by atoms with Gasteiger partial charge in [-0.05, 0) is 37.3 Å². The van der Waals surface area contributed by atoms with Crippen molar-refractivity contribution < 1.29 is 5.11 Å². The highest BCUT2D eigenvalue weighted by Crippen LogP contribution is 2.44. The van der Waals surface area contributed by atoms with E-state index in [1.54, 1.807) is 0 Å². The average molecular weight is 303 g/mol. The summed E-state index contributed by atoms with van der Waals surface area (Å²) in [6.45, 7) is 6.27. The van der Waals surface area contributed by atoms with E-state index in [0.717, 1.165) is 31.7 Å². The van der Waals surface area contributed by atoms with Crippen LogP contribution in [0.1, 0.15) is 49.3 Å². The minimum absolute atomic E-state index is 0.311. The molecule has 1 saturated heterocycles. The van der Waals surface area contributed by atoms with E-state index in [9.17, 15) is 5.11 Å². The first-order valence-corrected chi connectivity index (χ1v) is 8.71. The molecule has 122 valence electrons. The molecule has 4 nitrogen and oxygen atoms in total. The lowest BCUT2D eigenvalue weighted by Gasteiger charge is -2.42. The van der Waals surface area contributed by atoms with Gasteiger partial charge in [0.15, 0.2) is 0 Å². The number of aromatic hydroxyl groups is 1. The van der Waals surface area contributed by atoms with Crippen molar-refractivity contribution in [2.75, 3.05) is 31.9 Å². The molecule has 0 amide bonds. The lowest BCUT2D eigenvalue weighted by Crippen LogP contribution is -2.47.